The summed E-state index contributed by atoms with van der Waals surface area (Å²) < 4.78 is 6.13. The average molecular weight is 330 g/mol. The van der Waals surface area contributed by atoms with Gasteiger partial charge in [0, 0.05) is 6.54 Å². The van der Waals surface area contributed by atoms with Gasteiger partial charge >= 0.3 is 0 Å². The normalized spacial score (nSPS) is 11.9. The molecule has 3 N–H and O–H groups in total. The van der Waals surface area contributed by atoms with Gasteiger partial charge in [-0.15, -0.1) is 0 Å². The highest BCUT2D eigenvalue weighted by Crippen LogP contribution is 2.26. The predicted octanol–water partition coefficient (Wildman–Crippen LogP) is 2.42. The van der Waals surface area contributed by atoms with Gasteiger partial charge in [0.25, 0.3) is 0 Å². The van der Waals surface area contributed by atoms with Crippen molar-refractivity contribution >= 4 is 21.8 Å². The Balaban J connectivity index is 2.75. The van der Waals surface area contributed by atoms with Crippen LogP contribution < -0.4 is 10.5 Å². The van der Waals surface area contributed by atoms with Gasteiger partial charge in [0.1, 0.15) is 5.75 Å². The molecule has 106 valence electrons. The van der Waals surface area contributed by atoms with Crippen LogP contribution in [0.1, 0.15) is 18.9 Å². The van der Waals surface area contributed by atoms with Crippen LogP contribution in [0.4, 0.5) is 0 Å². The van der Waals surface area contributed by atoms with Crippen LogP contribution in [0.15, 0.2) is 27.8 Å². The zero-order chi connectivity index (χ0) is 14.3. The summed E-state index contributed by atoms with van der Waals surface area (Å²) >= 11 is 3.47. The molecule has 0 heterocycles. The molecule has 0 aliphatic rings. The molecule has 0 radical (unpaired) electrons. The van der Waals surface area contributed by atoms with E-state index in [1.807, 2.05) is 18.2 Å². The number of nitrogens with zero attached hydrogens (tertiary/aromatic N) is 2. The summed E-state index contributed by atoms with van der Waals surface area (Å²) in [4.78, 5) is 2.13. The zero-order valence-corrected chi connectivity index (χ0v) is 12.9. The first-order valence-corrected chi connectivity index (χ1v) is 6.91. The summed E-state index contributed by atoms with van der Waals surface area (Å²) in [5.74, 6) is 1.03. The van der Waals surface area contributed by atoms with Crippen molar-refractivity contribution in [1.82, 2.24) is 4.90 Å². The lowest BCUT2D eigenvalue weighted by Crippen LogP contribution is -2.34. The molecule has 5 nitrogen and oxygen atoms in total. The first-order chi connectivity index (χ1) is 9.10. The highest BCUT2D eigenvalue weighted by molar-refractivity contribution is 9.10. The number of hydrogen-bond acceptors (Lipinski definition) is 4. The number of ether oxygens (including phenoxy) is 1. The summed E-state index contributed by atoms with van der Waals surface area (Å²) in [5, 5.41) is 11.7. The van der Waals surface area contributed by atoms with Crippen LogP contribution in [0.5, 0.6) is 5.75 Å². The molecule has 0 spiro atoms. The number of halogens is 1. The Labute approximate surface area is 122 Å². The maximum Gasteiger partial charge on any atom is 0.153 e. The molecule has 0 amide bonds. The highest BCUT2D eigenvalue weighted by atomic mass is 79.9. The molecule has 0 fully saturated rings. The largest absolute Gasteiger partial charge is 0.496 e. The Bertz CT molecular complexity index is 438. The fraction of sp³-hybridized carbons (Fsp3) is 0.462. The minimum absolute atomic E-state index is 0.223. The van der Waals surface area contributed by atoms with Gasteiger partial charge in [-0.3, -0.25) is 4.90 Å². The summed E-state index contributed by atoms with van der Waals surface area (Å²) in [7, 11) is 1.64. The number of oxime groups is 1. The Hall–Kier alpha value is -1.27. The summed E-state index contributed by atoms with van der Waals surface area (Å²) in [6, 6.07) is 5.96. The minimum atomic E-state index is 0.223. The third kappa shape index (κ3) is 5.08. The third-order valence-electron chi connectivity index (χ3n) is 2.68. The van der Waals surface area contributed by atoms with Crippen LogP contribution in [0, 0.1) is 0 Å². The molecular formula is C13H20BrN3O2. The fourth-order valence-corrected chi connectivity index (χ4v) is 2.45. The van der Waals surface area contributed by atoms with Crippen LogP contribution in [-0.2, 0) is 6.54 Å². The van der Waals surface area contributed by atoms with Gasteiger partial charge in [-0.25, -0.2) is 0 Å². The Morgan fingerprint density at radius 3 is 2.79 bits per heavy atom. The van der Waals surface area contributed by atoms with Crippen LogP contribution in [0.3, 0.4) is 0 Å². The van der Waals surface area contributed by atoms with Gasteiger partial charge in [-0.1, -0.05) is 18.1 Å². The number of hydrogen-bond donors (Lipinski definition) is 2. The van der Waals surface area contributed by atoms with E-state index < -0.39 is 0 Å². The smallest absolute Gasteiger partial charge is 0.153 e. The first-order valence-electron chi connectivity index (χ1n) is 6.11. The van der Waals surface area contributed by atoms with E-state index in [1.54, 1.807) is 7.11 Å². The number of rotatable bonds is 7. The fourth-order valence-electron chi connectivity index (χ4n) is 1.86. The van der Waals surface area contributed by atoms with Crippen molar-refractivity contribution in [3.8, 4) is 5.75 Å². The van der Waals surface area contributed by atoms with E-state index in [-0.39, 0.29) is 5.84 Å². The second-order valence-corrected chi connectivity index (χ2v) is 5.13. The Morgan fingerprint density at radius 2 is 2.26 bits per heavy atom. The molecule has 1 aromatic rings. The zero-order valence-electron chi connectivity index (χ0n) is 11.3. The Morgan fingerprint density at radius 1 is 1.53 bits per heavy atom. The van der Waals surface area contributed by atoms with Crippen molar-refractivity contribution in [3.63, 3.8) is 0 Å². The number of methoxy groups -OCH3 is 1. The van der Waals surface area contributed by atoms with Gasteiger partial charge in [0.05, 0.1) is 18.1 Å². The third-order valence-corrected chi connectivity index (χ3v) is 3.30. The molecule has 0 bridgehead atoms. The number of nitrogens with two attached hydrogens (primary N) is 1. The molecule has 0 unspecified atom stereocenters. The standard InChI is InChI=1S/C13H20BrN3O2/c1-3-6-17(9-13(15)16-18)8-10-4-5-12(19-2)11(14)7-10/h4-5,7,18H,3,6,8-9H2,1-2H3,(H2,15,16). The van der Waals surface area contributed by atoms with E-state index in [4.69, 9.17) is 15.7 Å². The molecule has 6 heteroatoms. The van der Waals surface area contributed by atoms with Crippen molar-refractivity contribution in [2.75, 3.05) is 20.2 Å². The molecule has 0 saturated carbocycles. The van der Waals surface area contributed by atoms with Crippen LogP contribution >= 0.6 is 15.9 Å². The monoisotopic (exact) mass is 329 g/mol. The molecule has 0 aromatic heterocycles. The average Bonchev–Trinajstić information content (AvgIpc) is 2.39. The lowest BCUT2D eigenvalue weighted by atomic mass is 10.2. The molecule has 0 atom stereocenters. The van der Waals surface area contributed by atoms with E-state index in [2.05, 4.69) is 32.9 Å². The van der Waals surface area contributed by atoms with Crippen molar-refractivity contribution in [2.24, 2.45) is 10.9 Å². The van der Waals surface area contributed by atoms with Gasteiger partial charge < -0.3 is 15.7 Å². The van der Waals surface area contributed by atoms with Crippen LogP contribution in [0.25, 0.3) is 0 Å². The van der Waals surface area contributed by atoms with Gasteiger partial charge in [0.2, 0.25) is 0 Å². The highest BCUT2D eigenvalue weighted by Gasteiger charge is 2.09. The van der Waals surface area contributed by atoms with E-state index in [9.17, 15) is 0 Å². The lowest BCUT2D eigenvalue weighted by molar-refractivity contribution is 0.286. The summed E-state index contributed by atoms with van der Waals surface area (Å²) in [5.41, 5.74) is 6.71. The maximum atomic E-state index is 8.64. The molecule has 1 rings (SSSR count). The van der Waals surface area contributed by atoms with Crippen molar-refractivity contribution < 1.29 is 9.94 Å². The summed E-state index contributed by atoms with van der Waals surface area (Å²) in [6.07, 6.45) is 1.01. The SMILES string of the molecule is CCCN(CC(N)=NO)Cc1ccc(OC)c(Br)c1. The molecule has 0 aliphatic heterocycles. The maximum absolute atomic E-state index is 8.64. The van der Waals surface area contributed by atoms with E-state index >= 15 is 0 Å². The molecule has 0 aliphatic carbocycles. The van der Waals surface area contributed by atoms with E-state index in [1.165, 1.54) is 0 Å². The van der Waals surface area contributed by atoms with Gasteiger partial charge in [0.15, 0.2) is 5.84 Å². The molecular weight excluding hydrogens is 310 g/mol. The van der Waals surface area contributed by atoms with Crippen molar-refractivity contribution in [1.29, 1.82) is 0 Å². The Kier molecular flexibility index (Phi) is 6.66. The number of amidine groups is 1. The first kappa shape index (κ1) is 15.8. The van der Waals surface area contributed by atoms with Gasteiger partial charge in [-0.2, -0.15) is 0 Å². The lowest BCUT2D eigenvalue weighted by Gasteiger charge is -2.21. The topological polar surface area (TPSA) is 71.1 Å². The van der Waals surface area contributed by atoms with Gasteiger partial charge in [-0.05, 0) is 46.6 Å². The molecule has 1 aromatic carbocycles. The minimum Gasteiger partial charge on any atom is -0.496 e. The second kappa shape index (κ2) is 8.01. The molecule has 0 saturated heterocycles. The van der Waals surface area contributed by atoms with Crippen LogP contribution in [-0.4, -0.2) is 36.1 Å². The predicted molar refractivity (Wildman–Crippen MR) is 79.7 cm³/mol. The van der Waals surface area contributed by atoms with E-state index in [0.29, 0.717) is 6.54 Å². The van der Waals surface area contributed by atoms with E-state index in [0.717, 1.165) is 35.3 Å². The summed E-state index contributed by atoms with van der Waals surface area (Å²) in [6.45, 7) is 4.18. The second-order valence-electron chi connectivity index (χ2n) is 4.27. The van der Waals surface area contributed by atoms with Crippen molar-refractivity contribution in [2.45, 2.75) is 19.9 Å². The quantitative estimate of drug-likeness (QED) is 0.349. The van der Waals surface area contributed by atoms with Crippen molar-refractivity contribution in [3.05, 3.63) is 28.2 Å². The van der Waals surface area contributed by atoms with Crippen LogP contribution in [0.2, 0.25) is 0 Å². The number of benzene rings is 1. The molecule has 19 heavy (non-hydrogen) atoms.